The normalized spacial score (nSPS) is 14.3. The molecule has 0 aliphatic rings. The Morgan fingerprint density at radius 1 is 0.909 bits per heavy atom. The number of benzene rings is 2. The summed E-state index contributed by atoms with van der Waals surface area (Å²) in [5, 5.41) is 11.8. The molecule has 2 nitrogen and oxygen atoms in total. The highest BCUT2D eigenvalue weighted by Crippen LogP contribution is 2.39. The lowest BCUT2D eigenvalue weighted by atomic mass is 9.81. The molecule has 0 aromatic heterocycles. The van der Waals surface area contributed by atoms with Crippen LogP contribution in [0.15, 0.2) is 36.4 Å². The molecule has 1 unspecified atom stereocenters. The van der Waals surface area contributed by atoms with Crippen LogP contribution in [0.3, 0.4) is 0 Å². The highest BCUT2D eigenvalue weighted by molar-refractivity contribution is 5.89. The molecule has 0 saturated heterocycles. The molecular weight excluding hydrogens is 272 g/mol. The summed E-state index contributed by atoms with van der Waals surface area (Å²) in [6.45, 7) is 13.0. The van der Waals surface area contributed by atoms with Gasteiger partial charge >= 0.3 is 0 Å². The van der Waals surface area contributed by atoms with E-state index in [1.165, 1.54) is 16.3 Å². The van der Waals surface area contributed by atoms with Gasteiger partial charge in [0.2, 0.25) is 0 Å². The van der Waals surface area contributed by atoms with Crippen LogP contribution in [0.4, 0.5) is 0 Å². The molecule has 0 bridgehead atoms. The van der Waals surface area contributed by atoms with Crippen molar-refractivity contribution in [2.75, 3.05) is 0 Å². The van der Waals surface area contributed by atoms with Crippen molar-refractivity contribution in [2.24, 2.45) is 10.8 Å². The van der Waals surface area contributed by atoms with Crippen molar-refractivity contribution >= 4 is 10.8 Å². The van der Waals surface area contributed by atoms with Gasteiger partial charge in [-0.15, -0.1) is 0 Å². The van der Waals surface area contributed by atoms with Crippen molar-refractivity contribution in [1.29, 1.82) is 0 Å². The summed E-state index contributed by atoms with van der Waals surface area (Å²) in [6, 6.07) is 12.7. The van der Waals surface area contributed by atoms with E-state index in [1.54, 1.807) is 0 Å². The van der Waals surface area contributed by atoms with E-state index in [-0.39, 0.29) is 16.9 Å². The Labute approximate surface area is 134 Å². The van der Waals surface area contributed by atoms with Gasteiger partial charge in [0.1, 0.15) is 6.10 Å². The van der Waals surface area contributed by atoms with Gasteiger partial charge in [0.05, 0.1) is 0 Å². The lowest BCUT2D eigenvalue weighted by Gasteiger charge is -2.29. The summed E-state index contributed by atoms with van der Waals surface area (Å²) in [6.07, 6.45) is 0.676. The molecule has 1 atom stereocenters. The highest BCUT2D eigenvalue weighted by Gasteiger charge is 2.29. The maximum Gasteiger partial charge on any atom is 0.123 e. The molecule has 0 amide bonds. The van der Waals surface area contributed by atoms with Gasteiger partial charge in [0, 0.05) is 0 Å². The summed E-state index contributed by atoms with van der Waals surface area (Å²) >= 11 is 0. The van der Waals surface area contributed by atoms with Crippen molar-refractivity contribution in [3.8, 4) is 0 Å². The molecule has 2 heteroatoms. The van der Waals surface area contributed by atoms with Crippen molar-refractivity contribution in [3.05, 3.63) is 47.5 Å². The number of rotatable bonds is 3. The average molecular weight is 300 g/mol. The zero-order chi connectivity index (χ0) is 16.5. The van der Waals surface area contributed by atoms with Gasteiger partial charge in [-0.1, -0.05) is 77.9 Å². The lowest BCUT2D eigenvalue weighted by Crippen LogP contribution is -2.20. The van der Waals surface area contributed by atoms with E-state index in [2.05, 4.69) is 77.9 Å². The van der Waals surface area contributed by atoms with Gasteiger partial charge in [0.25, 0.3) is 0 Å². The quantitative estimate of drug-likeness (QED) is 0.556. The van der Waals surface area contributed by atoms with E-state index in [4.69, 9.17) is 4.89 Å². The molecule has 1 N–H and O–H groups in total. The van der Waals surface area contributed by atoms with Gasteiger partial charge in [-0.25, -0.2) is 4.89 Å². The largest absolute Gasteiger partial charge is 0.251 e. The number of fused-ring (bicyclic) bond motifs is 1. The average Bonchev–Trinajstić information content (AvgIpc) is 2.37. The summed E-state index contributed by atoms with van der Waals surface area (Å²) in [4.78, 5) is 4.85. The number of hydrogen-bond donors (Lipinski definition) is 1. The Morgan fingerprint density at radius 3 is 2.05 bits per heavy atom. The van der Waals surface area contributed by atoms with Crippen molar-refractivity contribution in [1.82, 2.24) is 0 Å². The molecule has 0 aliphatic carbocycles. The molecule has 0 spiro atoms. The smallest absolute Gasteiger partial charge is 0.123 e. The highest BCUT2D eigenvalue weighted by atomic mass is 17.1. The molecule has 0 radical (unpaired) electrons. The van der Waals surface area contributed by atoms with Gasteiger partial charge in [-0.2, -0.15) is 0 Å². The van der Waals surface area contributed by atoms with Crippen LogP contribution in [0.5, 0.6) is 0 Å². The molecule has 2 aromatic carbocycles. The lowest BCUT2D eigenvalue weighted by molar-refractivity contribution is -0.303. The molecule has 22 heavy (non-hydrogen) atoms. The second kappa shape index (κ2) is 6.02. The second-order valence-electron chi connectivity index (χ2n) is 8.45. The van der Waals surface area contributed by atoms with Crippen LogP contribution in [0.25, 0.3) is 10.8 Å². The Bertz CT molecular complexity index is 645. The van der Waals surface area contributed by atoms with Crippen LogP contribution in [0.1, 0.15) is 58.8 Å². The Morgan fingerprint density at radius 2 is 1.50 bits per heavy atom. The van der Waals surface area contributed by atoms with Crippen LogP contribution < -0.4 is 0 Å². The van der Waals surface area contributed by atoms with Crippen LogP contribution in [-0.4, -0.2) is 5.26 Å². The fourth-order valence-electron chi connectivity index (χ4n) is 3.03. The third-order valence-corrected chi connectivity index (χ3v) is 3.94. The van der Waals surface area contributed by atoms with Crippen LogP contribution in [-0.2, 0) is 11.3 Å². The second-order valence-corrected chi connectivity index (χ2v) is 8.45. The first kappa shape index (κ1) is 17.0. The van der Waals surface area contributed by atoms with E-state index in [0.29, 0.717) is 0 Å². The van der Waals surface area contributed by atoms with E-state index < -0.39 is 0 Å². The Hall–Kier alpha value is -1.38. The number of hydrogen-bond acceptors (Lipinski definition) is 2. The Kier molecular flexibility index (Phi) is 4.65. The minimum Gasteiger partial charge on any atom is -0.251 e. The van der Waals surface area contributed by atoms with Crippen molar-refractivity contribution < 1.29 is 10.1 Å². The maximum absolute atomic E-state index is 9.43. The Balaban J connectivity index is 2.62. The molecule has 0 aliphatic heterocycles. The first-order valence-corrected chi connectivity index (χ1v) is 7.94. The van der Waals surface area contributed by atoms with Crippen LogP contribution in [0, 0.1) is 10.8 Å². The van der Waals surface area contributed by atoms with Gasteiger partial charge in [-0.05, 0) is 39.2 Å². The molecule has 0 saturated carbocycles. The maximum atomic E-state index is 9.43. The van der Waals surface area contributed by atoms with Crippen molar-refractivity contribution in [2.45, 2.75) is 54.1 Å². The molecule has 2 aromatic rings. The fourth-order valence-corrected chi connectivity index (χ4v) is 3.03. The van der Waals surface area contributed by atoms with E-state index >= 15 is 0 Å². The molecule has 120 valence electrons. The summed E-state index contributed by atoms with van der Waals surface area (Å²) in [5.41, 5.74) is 2.45. The van der Waals surface area contributed by atoms with Crippen LogP contribution in [0.2, 0.25) is 0 Å². The fraction of sp³-hybridized carbons (Fsp3) is 0.500. The van der Waals surface area contributed by atoms with Gasteiger partial charge in [0.15, 0.2) is 0 Å². The van der Waals surface area contributed by atoms with Gasteiger partial charge in [-0.3, -0.25) is 5.26 Å². The predicted molar refractivity (Wildman–Crippen MR) is 93.0 cm³/mol. The van der Waals surface area contributed by atoms with E-state index in [9.17, 15) is 5.26 Å². The zero-order valence-electron chi connectivity index (χ0n) is 14.6. The summed E-state index contributed by atoms with van der Waals surface area (Å²) in [7, 11) is 0. The van der Waals surface area contributed by atoms with E-state index in [0.717, 1.165) is 12.0 Å². The summed E-state index contributed by atoms with van der Waals surface area (Å²) < 4.78 is 0. The zero-order valence-corrected chi connectivity index (χ0v) is 14.6. The first-order chi connectivity index (χ1) is 10.1. The van der Waals surface area contributed by atoms with Gasteiger partial charge < -0.3 is 0 Å². The summed E-state index contributed by atoms with van der Waals surface area (Å²) in [5.74, 6) is 0. The molecule has 2 rings (SSSR count). The molecule has 0 heterocycles. The monoisotopic (exact) mass is 300 g/mol. The third-order valence-electron chi connectivity index (χ3n) is 3.94. The minimum atomic E-state index is -0.346. The predicted octanol–water partition coefficient (Wildman–Crippen LogP) is 6.01. The molecular formula is C20H28O2. The van der Waals surface area contributed by atoms with E-state index in [1.807, 2.05) is 0 Å². The minimum absolute atomic E-state index is 0.178. The standard InChI is InChI=1S/C20H28O2/c1-19(2,3)13-14-9-7-11-16-15(14)10-8-12-17(16)18(22-21)20(4,5)6/h7-12,18,21H,13H2,1-6H3. The molecule has 0 fully saturated rings. The SMILES string of the molecule is CC(C)(C)Cc1cccc2c(C(OO)C(C)(C)C)cccc12. The topological polar surface area (TPSA) is 29.5 Å². The van der Waals surface area contributed by atoms with Crippen molar-refractivity contribution in [3.63, 3.8) is 0 Å². The first-order valence-electron chi connectivity index (χ1n) is 7.94. The van der Waals surface area contributed by atoms with Crippen LogP contribution >= 0.6 is 0 Å². The third kappa shape index (κ3) is 3.68.